The van der Waals surface area contributed by atoms with Crippen molar-refractivity contribution in [2.24, 2.45) is 5.92 Å². The number of ether oxygens (including phenoxy) is 4. The largest absolute Gasteiger partial charge is 0.473 e. The van der Waals surface area contributed by atoms with Crippen LogP contribution in [0.5, 0.6) is 5.88 Å². The number of piperazine rings is 1. The van der Waals surface area contributed by atoms with Crippen LogP contribution < -0.4 is 9.64 Å². The number of pyridine rings is 1. The number of nitrogens with zero attached hydrogens (tertiary/aromatic N) is 5. The van der Waals surface area contributed by atoms with Crippen LogP contribution in [0, 0.1) is 17.6 Å². The summed E-state index contributed by atoms with van der Waals surface area (Å²) in [5.41, 5.74) is 1.35. The molecule has 46 heavy (non-hydrogen) atoms. The molecule has 0 radical (unpaired) electrons. The van der Waals surface area contributed by atoms with E-state index in [-0.39, 0.29) is 35.7 Å². The molecule has 0 N–H and O–H groups in total. The van der Waals surface area contributed by atoms with Crippen LogP contribution in [0.15, 0.2) is 48.5 Å². The molecule has 0 amide bonds. The Labute approximate surface area is 269 Å². The van der Waals surface area contributed by atoms with Crippen molar-refractivity contribution in [3.05, 3.63) is 82.1 Å². The van der Waals surface area contributed by atoms with E-state index in [1.165, 1.54) is 19.2 Å². The first-order chi connectivity index (χ1) is 22.4. The second-order valence-corrected chi connectivity index (χ2v) is 12.3. The van der Waals surface area contributed by atoms with Crippen molar-refractivity contribution in [3.8, 4) is 5.88 Å². The van der Waals surface area contributed by atoms with E-state index >= 15 is 4.39 Å². The van der Waals surface area contributed by atoms with Gasteiger partial charge in [-0.3, -0.25) is 4.90 Å². The highest BCUT2D eigenvalue weighted by Crippen LogP contribution is 2.32. The summed E-state index contributed by atoms with van der Waals surface area (Å²) in [5, 5.41) is 0.328. The number of benzene rings is 2. The maximum Gasteiger partial charge on any atom is 0.338 e. The Morgan fingerprint density at radius 1 is 1.02 bits per heavy atom. The molecule has 0 saturated carbocycles. The number of imidazole rings is 1. The van der Waals surface area contributed by atoms with Gasteiger partial charge in [-0.2, -0.15) is 4.98 Å². The fourth-order valence-corrected chi connectivity index (χ4v) is 6.78. The molecule has 2 aromatic carbocycles. The quantitative estimate of drug-likeness (QED) is 0.235. The molecule has 3 aliphatic rings. The van der Waals surface area contributed by atoms with Crippen LogP contribution in [-0.2, 0) is 33.9 Å². The lowest BCUT2D eigenvalue weighted by Gasteiger charge is -2.44. The average Bonchev–Trinajstić information content (AvgIpc) is 3.83. The number of methoxy groups -OCH3 is 1. The number of halogens is 3. The first-order valence-corrected chi connectivity index (χ1v) is 15.7. The highest BCUT2D eigenvalue weighted by Gasteiger charge is 2.42. The van der Waals surface area contributed by atoms with Gasteiger partial charge in [-0.05, 0) is 36.8 Å². The molecule has 0 bridgehead atoms. The molecule has 7 rings (SSSR count). The number of anilines is 1. The predicted octanol–water partition coefficient (Wildman–Crippen LogP) is 4.85. The Balaban J connectivity index is 1.11. The molecule has 0 aliphatic carbocycles. The molecule has 3 fully saturated rings. The first kappa shape index (κ1) is 30.8. The van der Waals surface area contributed by atoms with Gasteiger partial charge in [0.15, 0.2) is 5.82 Å². The summed E-state index contributed by atoms with van der Waals surface area (Å²) in [7, 11) is 1.28. The van der Waals surface area contributed by atoms with Gasteiger partial charge in [0.2, 0.25) is 5.88 Å². The van der Waals surface area contributed by atoms with E-state index in [1.807, 2.05) is 16.7 Å². The van der Waals surface area contributed by atoms with E-state index in [1.54, 1.807) is 24.3 Å². The number of rotatable bonds is 9. The van der Waals surface area contributed by atoms with Crippen LogP contribution in [0.4, 0.5) is 14.6 Å². The predicted molar refractivity (Wildman–Crippen MR) is 166 cm³/mol. The third kappa shape index (κ3) is 6.14. The SMILES string of the molecule is COC(=O)c1cc(F)c2nc(CN3CCN(c4cccc(OCc5ccc(Cl)cc5F)n4)[C@H]4COC[C@H]43)n(C[C@@H]3CCOC3)c2c1. The lowest BCUT2D eigenvalue weighted by Crippen LogP contribution is -2.59. The second kappa shape index (κ2) is 13.1. The average molecular weight is 654 g/mol. The van der Waals surface area contributed by atoms with E-state index in [0.717, 1.165) is 18.1 Å². The minimum atomic E-state index is -0.596. The fourth-order valence-electron chi connectivity index (χ4n) is 6.62. The number of carbonyl (C=O) groups is 1. The van der Waals surface area contributed by atoms with Crippen molar-refractivity contribution in [1.29, 1.82) is 0 Å². The van der Waals surface area contributed by atoms with Crippen molar-refractivity contribution >= 4 is 34.4 Å². The molecule has 5 heterocycles. The molecule has 3 atom stereocenters. The first-order valence-electron chi connectivity index (χ1n) is 15.3. The number of esters is 1. The Morgan fingerprint density at radius 3 is 2.70 bits per heavy atom. The van der Waals surface area contributed by atoms with Gasteiger partial charge in [0, 0.05) is 48.8 Å². The normalized spacial score (nSPS) is 21.6. The minimum Gasteiger partial charge on any atom is -0.473 e. The lowest BCUT2D eigenvalue weighted by atomic mass is 10.0. The highest BCUT2D eigenvalue weighted by molar-refractivity contribution is 6.30. The molecule has 2 aromatic heterocycles. The van der Waals surface area contributed by atoms with Crippen molar-refractivity contribution in [1.82, 2.24) is 19.4 Å². The van der Waals surface area contributed by atoms with Gasteiger partial charge in [0.05, 0.1) is 56.6 Å². The maximum atomic E-state index is 15.3. The molecule has 10 nitrogen and oxygen atoms in total. The number of hydrogen-bond donors (Lipinski definition) is 0. The van der Waals surface area contributed by atoms with Gasteiger partial charge in [0.25, 0.3) is 0 Å². The Kier molecular flexibility index (Phi) is 8.78. The van der Waals surface area contributed by atoms with Gasteiger partial charge in [-0.25, -0.2) is 18.6 Å². The van der Waals surface area contributed by atoms with E-state index in [9.17, 15) is 9.18 Å². The van der Waals surface area contributed by atoms with Crippen molar-refractivity contribution < 1.29 is 32.5 Å². The second-order valence-electron chi connectivity index (χ2n) is 11.9. The van der Waals surface area contributed by atoms with Crippen molar-refractivity contribution in [2.75, 3.05) is 51.5 Å². The molecular formula is C33H34ClF2N5O5. The molecular weight excluding hydrogens is 620 g/mol. The Morgan fingerprint density at radius 2 is 1.89 bits per heavy atom. The summed E-state index contributed by atoms with van der Waals surface area (Å²) in [6, 6.07) is 13.0. The lowest BCUT2D eigenvalue weighted by molar-refractivity contribution is 0.0600. The van der Waals surface area contributed by atoms with E-state index in [4.69, 9.17) is 40.5 Å². The van der Waals surface area contributed by atoms with Crippen LogP contribution in [0.2, 0.25) is 5.02 Å². The smallest absolute Gasteiger partial charge is 0.338 e. The van der Waals surface area contributed by atoms with E-state index in [0.29, 0.717) is 74.6 Å². The summed E-state index contributed by atoms with van der Waals surface area (Å²) in [6.45, 7) is 4.85. The number of fused-ring (bicyclic) bond motifs is 2. The molecule has 0 spiro atoms. The zero-order valence-corrected chi connectivity index (χ0v) is 26.1. The highest BCUT2D eigenvalue weighted by atomic mass is 35.5. The third-order valence-corrected chi connectivity index (χ3v) is 9.26. The van der Waals surface area contributed by atoms with Crippen LogP contribution in [0.25, 0.3) is 11.0 Å². The molecule has 0 unspecified atom stereocenters. The monoisotopic (exact) mass is 653 g/mol. The third-order valence-electron chi connectivity index (χ3n) is 9.03. The Hall–Kier alpha value is -3.84. The maximum absolute atomic E-state index is 15.3. The molecule has 3 aliphatic heterocycles. The Bertz CT molecular complexity index is 1750. The van der Waals surface area contributed by atoms with Gasteiger partial charge in [-0.15, -0.1) is 0 Å². The zero-order valence-electron chi connectivity index (χ0n) is 25.3. The summed E-state index contributed by atoms with van der Waals surface area (Å²) in [4.78, 5) is 26.4. The van der Waals surface area contributed by atoms with E-state index in [2.05, 4.69) is 9.80 Å². The molecule has 4 aromatic rings. The summed E-state index contributed by atoms with van der Waals surface area (Å²) < 4.78 is 54.0. The molecule has 13 heteroatoms. The van der Waals surface area contributed by atoms with Crippen LogP contribution in [-0.4, -0.2) is 84.1 Å². The van der Waals surface area contributed by atoms with Gasteiger partial charge in [-0.1, -0.05) is 23.7 Å². The topological polar surface area (TPSA) is 91.2 Å². The standard InChI is InChI=1S/C33H34ClF2N5O5/c1-43-33(42)22-11-25(36)32-26(12-22)41(14-20-7-10-44-16-20)30(38-32)15-39-8-9-40(28-19-45-18-27(28)39)29-3-2-4-31(37-29)46-17-21-5-6-23(34)13-24(21)35/h2-6,11-13,20,27-28H,7-10,14-19H2,1H3/t20-,27+,28-/m0/s1. The van der Waals surface area contributed by atoms with Crippen LogP contribution in [0.1, 0.15) is 28.2 Å². The number of hydrogen-bond acceptors (Lipinski definition) is 9. The molecule has 242 valence electrons. The minimum absolute atomic E-state index is 0.0222. The van der Waals surface area contributed by atoms with Crippen LogP contribution >= 0.6 is 11.6 Å². The number of carbonyl (C=O) groups excluding carboxylic acids is 1. The summed E-state index contributed by atoms with van der Waals surface area (Å²) >= 11 is 5.88. The fraction of sp³-hybridized carbons (Fsp3) is 0.424. The number of aromatic nitrogens is 3. The van der Waals surface area contributed by atoms with Gasteiger partial charge < -0.3 is 28.4 Å². The van der Waals surface area contributed by atoms with Crippen molar-refractivity contribution in [2.45, 2.75) is 38.2 Å². The van der Waals surface area contributed by atoms with Crippen LogP contribution in [0.3, 0.4) is 0 Å². The summed E-state index contributed by atoms with van der Waals surface area (Å²) in [5.74, 6) is 0.549. The van der Waals surface area contributed by atoms with Crippen molar-refractivity contribution in [3.63, 3.8) is 0 Å². The van der Waals surface area contributed by atoms with E-state index < -0.39 is 17.6 Å². The van der Waals surface area contributed by atoms with Gasteiger partial charge >= 0.3 is 5.97 Å². The molecule has 3 saturated heterocycles. The summed E-state index contributed by atoms with van der Waals surface area (Å²) in [6.07, 6.45) is 0.903. The zero-order chi connectivity index (χ0) is 31.8. The van der Waals surface area contributed by atoms with Gasteiger partial charge in [0.1, 0.15) is 29.6 Å².